The molecule has 0 amide bonds. The van der Waals surface area contributed by atoms with Crippen LogP contribution in [0.4, 0.5) is 0 Å². The van der Waals surface area contributed by atoms with Gasteiger partial charge < -0.3 is 9.47 Å². The van der Waals surface area contributed by atoms with Gasteiger partial charge in [-0.2, -0.15) is 5.26 Å². The summed E-state index contributed by atoms with van der Waals surface area (Å²) < 4.78 is 11.2. The van der Waals surface area contributed by atoms with Gasteiger partial charge in [0, 0.05) is 16.7 Å². The van der Waals surface area contributed by atoms with Gasteiger partial charge in [-0.25, -0.2) is 0 Å². The molecule has 0 aliphatic carbocycles. The van der Waals surface area contributed by atoms with E-state index in [9.17, 15) is 4.79 Å². The average molecular weight is 307 g/mol. The Morgan fingerprint density at radius 1 is 1.26 bits per heavy atom. The minimum absolute atomic E-state index is 0.241. The molecule has 4 heteroatoms. The standard InChI is InChI=1S/C19H17NO3/c1-3-6-15-9-14(12-21)10-18(22-2)19(15)23-13-17-8-5-4-7-16(17)11-20/h3-5,7-10,12H,1,6,13H2,2H3. The third kappa shape index (κ3) is 3.78. The molecule has 4 nitrogen and oxygen atoms in total. The molecule has 0 heterocycles. The Morgan fingerprint density at radius 2 is 2.04 bits per heavy atom. The second-order valence-corrected chi connectivity index (χ2v) is 4.88. The van der Waals surface area contributed by atoms with Crippen molar-refractivity contribution in [3.8, 4) is 17.6 Å². The number of rotatable bonds is 7. The number of carbonyl (C=O) groups excluding carboxylic acids is 1. The van der Waals surface area contributed by atoms with Crippen molar-refractivity contribution < 1.29 is 14.3 Å². The van der Waals surface area contributed by atoms with Crippen molar-refractivity contribution in [1.82, 2.24) is 0 Å². The van der Waals surface area contributed by atoms with E-state index in [0.29, 0.717) is 29.0 Å². The fourth-order valence-electron chi connectivity index (χ4n) is 2.28. The second kappa shape index (κ2) is 7.81. The van der Waals surface area contributed by atoms with Gasteiger partial charge in [0.25, 0.3) is 0 Å². The third-order valence-electron chi connectivity index (χ3n) is 3.38. The third-order valence-corrected chi connectivity index (χ3v) is 3.38. The topological polar surface area (TPSA) is 59.3 Å². The maximum atomic E-state index is 11.0. The van der Waals surface area contributed by atoms with Crippen molar-refractivity contribution in [2.24, 2.45) is 0 Å². The molecule has 0 aromatic heterocycles. The molecule has 0 fully saturated rings. The molecule has 0 saturated heterocycles. The zero-order valence-corrected chi connectivity index (χ0v) is 12.9. The molecule has 23 heavy (non-hydrogen) atoms. The van der Waals surface area contributed by atoms with Crippen LogP contribution in [0.3, 0.4) is 0 Å². The van der Waals surface area contributed by atoms with Crippen LogP contribution in [0, 0.1) is 11.3 Å². The van der Waals surface area contributed by atoms with E-state index in [-0.39, 0.29) is 6.61 Å². The Bertz CT molecular complexity index is 760. The van der Waals surface area contributed by atoms with Crippen LogP contribution in [-0.4, -0.2) is 13.4 Å². The van der Waals surface area contributed by atoms with Crippen molar-refractivity contribution >= 4 is 6.29 Å². The lowest BCUT2D eigenvalue weighted by Crippen LogP contribution is -2.03. The number of aldehydes is 1. The Hall–Kier alpha value is -3.06. The van der Waals surface area contributed by atoms with E-state index in [1.807, 2.05) is 18.2 Å². The quantitative estimate of drug-likeness (QED) is 0.578. The van der Waals surface area contributed by atoms with Gasteiger partial charge in [0.15, 0.2) is 11.5 Å². The van der Waals surface area contributed by atoms with Crippen LogP contribution < -0.4 is 9.47 Å². The van der Waals surface area contributed by atoms with Crippen LogP contribution in [0.5, 0.6) is 11.5 Å². The number of ether oxygens (including phenoxy) is 2. The monoisotopic (exact) mass is 307 g/mol. The molecular weight excluding hydrogens is 290 g/mol. The molecule has 2 aromatic carbocycles. The number of nitriles is 1. The summed E-state index contributed by atoms with van der Waals surface area (Å²) >= 11 is 0. The maximum Gasteiger partial charge on any atom is 0.165 e. The first kappa shape index (κ1) is 16.3. The zero-order valence-electron chi connectivity index (χ0n) is 12.9. The first-order chi connectivity index (χ1) is 11.2. The number of hydrogen-bond donors (Lipinski definition) is 0. The van der Waals surface area contributed by atoms with Crippen molar-refractivity contribution in [1.29, 1.82) is 5.26 Å². The first-order valence-corrected chi connectivity index (χ1v) is 7.11. The molecule has 0 saturated carbocycles. The van der Waals surface area contributed by atoms with E-state index in [0.717, 1.165) is 17.4 Å². The molecule has 0 atom stereocenters. The van der Waals surface area contributed by atoms with E-state index in [2.05, 4.69) is 12.6 Å². The van der Waals surface area contributed by atoms with E-state index in [4.69, 9.17) is 14.7 Å². The van der Waals surface area contributed by atoms with Crippen molar-refractivity contribution in [2.45, 2.75) is 13.0 Å². The van der Waals surface area contributed by atoms with E-state index in [1.165, 1.54) is 7.11 Å². The van der Waals surface area contributed by atoms with Crippen LogP contribution in [0.15, 0.2) is 49.1 Å². The summed E-state index contributed by atoms with van der Waals surface area (Å²) in [6.45, 7) is 3.97. The van der Waals surface area contributed by atoms with Gasteiger partial charge in [0.1, 0.15) is 12.9 Å². The molecule has 0 aliphatic heterocycles. The van der Waals surface area contributed by atoms with Crippen LogP contribution in [0.1, 0.15) is 27.0 Å². The maximum absolute atomic E-state index is 11.0. The highest BCUT2D eigenvalue weighted by atomic mass is 16.5. The van der Waals surface area contributed by atoms with Crippen LogP contribution >= 0.6 is 0 Å². The molecule has 0 N–H and O–H groups in total. The van der Waals surface area contributed by atoms with E-state index < -0.39 is 0 Å². The SMILES string of the molecule is C=CCc1cc(C=O)cc(OC)c1OCc1ccccc1C#N. The fourth-order valence-corrected chi connectivity index (χ4v) is 2.28. The summed E-state index contributed by atoms with van der Waals surface area (Å²) in [5, 5.41) is 9.14. The number of allylic oxidation sites excluding steroid dienone is 1. The Morgan fingerprint density at radius 3 is 2.70 bits per heavy atom. The molecular formula is C19H17NO3. The zero-order chi connectivity index (χ0) is 16.7. The largest absolute Gasteiger partial charge is 0.493 e. The fraction of sp³-hybridized carbons (Fsp3) is 0.158. The summed E-state index contributed by atoms with van der Waals surface area (Å²) in [5.41, 5.74) is 2.70. The van der Waals surface area contributed by atoms with Gasteiger partial charge in [-0.15, -0.1) is 6.58 Å². The summed E-state index contributed by atoms with van der Waals surface area (Å²) in [5.74, 6) is 1.05. The minimum Gasteiger partial charge on any atom is -0.493 e. The normalized spacial score (nSPS) is 9.74. The highest BCUT2D eigenvalue weighted by Crippen LogP contribution is 2.34. The second-order valence-electron chi connectivity index (χ2n) is 4.88. The van der Waals surface area contributed by atoms with Gasteiger partial charge in [0.2, 0.25) is 0 Å². The molecule has 0 spiro atoms. The highest BCUT2D eigenvalue weighted by Gasteiger charge is 2.13. The van der Waals surface area contributed by atoms with Gasteiger partial charge in [-0.3, -0.25) is 4.79 Å². The summed E-state index contributed by atoms with van der Waals surface area (Å²) in [4.78, 5) is 11.0. The predicted octanol–water partition coefficient (Wildman–Crippen LogP) is 3.69. The predicted molar refractivity (Wildman–Crippen MR) is 87.8 cm³/mol. The van der Waals surface area contributed by atoms with Crippen molar-refractivity contribution in [3.63, 3.8) is 0 Å². The van der Waals surface area contributed by atoms with Crippen LogP contribution in [-0.2, 0) is 13.0 Å². The number of methoxy groups -OCH3 is 1. The molecule has 2 aromatic rings. The summed E-state index contributed by atoms with van der Waals surface area (Å²) in [6.07, 6.45) is 3.05. The Balaban J connectivity index is 2.36. The Labute approximate surface area is 135 Å². The lowest BCUT2D eigenvalue weighted by Gasteiger charge is -2.16. The molecule has 2 rings (SSSR count). The lowest BCUT2D eigenvalue weighted by atomic mass is 10.1. The first-order valence-electron chi connectivity index (χ1n) is 7.11. The average Bonchev–Trinajstić information content (AvgIpc) is 2.60. The molecule has 0 radical (unpaired) electrons. The van der Waals surface area contributed by atoms with Crippen LogP contribution in [0.25, 0.3) is 0 Å². The van der Waals surface area contributed by atoms with E-state index >= 15 is 0 Å². The van der Waals surface area contributed by atoms with Crippen molar-refractivity contribution in [3.05, 3.63) is 71.3 Å². The Kier molecular flexibility index (Phi) is 5.54. The number of benzene rings is 2. The molecule has 0 bridgehead atoms. The van der Waals surface area contributed by atoms with Crippen molar-refractivity contribution in [2.75, 3.05) is 7.11 Å². The summed E-state index contributed by atoms with van der Waals surface area (Å²) in [7, 11) is 1.53. The smallest absolute Gasteiger partial charge is 0.165 e. The van der Waals surface area contributed by atoms with Gasteiger partial charge in [0.05, 0.1) is 18.7 Å². The number of nitrogens with zero attached hydrogens (tertiary/aromatic N) is 1. The van der Waals surface area contributed by atoms with Gasteiger partial charge >= 0.3 is 0 Å². The molecule has 0 unspecified atom stereocenters. The number of carbonyl (C=O) groups is 1. The molecule has 0 aliphatic rings. The van der Waals surface area contributed by atoms with E-state index in [1.54, 1.807) is 24.3 Å². The highest BCUT2D eigenvalue weighted by molar-refractivity contribution is 5.77. The van der Waals surface area contributed by atoms with Gasteiger partial charge in [-0.05, 0) is 24.6 Å². The van der Waals surface area contributed by atoms with Gasteiger partial charge in [-0.1, -0.05) is 24.3 Å². The molecule has 116 valence electrons. The van der Waals surface area contributed by atoms with Crippen LogP contribution in [0.2, 0.25) is 0 Å². The number of hydrogen-bond acceptors (Lipinski definition) is 4. The minimum atomic E-state index is 0.241. The lowest BCUT2D eigenvalue weighted by molar-refractivity contribution is 0.112. The summed E-state index contributed by atoms with van der Waals surface area (Å²) in [6, 6.07) is 12.8.